The third-order valence-corrected chi connectivity index (χ3v) is 2.68. The van der Waals surface area contributed by atoms with Crippen LogP contribution in [0.4, 0.5) is 5.69 Å². The lowest BCUT2D eigenvalue weighted by Gasteiger charge is -2.23. The number of amides is 1. The van der Waals surface area contributed by atoms with Crippen LogP contribution in [0.25, 0.3) is 0 Å². The zero-order valence-electron chi connectivity index (χ0n) is 12.9. The lowest BCUT2D eigenvalue weighted by Crippen LogP contribution is -2.34. The molecular formula is C16H23NO3. The van der Waals surface area contributed by atoms with Gasteiger partial charge in [-0.3, -0.25) is 9.59 Å². The fourth-order valence-electron chi connectivity index (χ4n) is 1.82. The first kappa shape index (κ1) is 16.2. The van der Waals surface area contributed by atoms with Gasteiger partial charge in [-0.25, -0.2) is 0 Å². The maximum atomic E-state index is 12.2. The van der Waals surface area contributed by atoms with E-state index in [9.17, 15) is 9.59 Å². The number of esters is 1. The van der Waals surface area contributed by atoms with Crippen LogP contribution in [0.2, 0.25) is 0 Å². The number of carbonyl (C=O) groups excluding carboxylic acids is 2. The number of nitrogens with zero attached hydrogens (tertiary/aromatic N) is 1. The van der Waals surface area contributed by atoms with E-state index in [1.165, 1.54) is 0 Å². The number of ether oxygens (including phenoxy) is 1. The predicted molar refractivity (Wildman–Crippen MR) is 79.7 cm³/mol. The molecule has 0 fully saturated rings. The summed E-state index contributed by atoms with van der Waals surface area (Å²) in [6.07, 6.45) is -0.237. The molecule has 0 unspecified atom stereocenters. The molecule has 1 amide bonds. The Balaban J connectivity index is 2.73. The van der Waals surface area contributed by atoms with Crippen LogP contribution < -0.4 is 4.90 Å². The first-order valence-electron chi connectivity index (χ1n) is 6.82. The molecule has 1 aromatic rings. The van der Waals surface area contributed by atoms with Gasteiger partial charge in [-0.15, -0.1) is 0 Å². The zero-order valence-corrected chi connectivity index (χ0v) is 12.9. The van der Waals surface area contributed by atoms with E-state index in [-0.39, 0.29) is 12.3 Å². The van der Waals surface area contributed by atoms with Crippen molar-refractivity contribution in [1.29, 1.82) is 0 Å². The summed E-state index contributed by atoms with van der Waals surface area (Å²) < 4.78 is 5.17. The highest BCUT2D eigenvalue weighted by atomic mass is 16.6. The smallest absolute Gasteiger partial charge is 0.315 e. The summed E-state index contributed by atoms with van der Waals surface area (Å²) in [5.41, 5.74) is 1.36. The number of hydrogen-bond acceptors (Lipinski definition) is 3. The minimum Gasteiger partial charge on any atom is -0.460 e. The molecule has 0 aromatic heterocycles. The Morgan fingerprint density at radius 2 is 1.70 bits per heavy atom. The van der Waals surface area contributed by atoms with Crippen LogP contribution in [0.1, 0.15) is 39.7 Å². The van der Waals surface area contributed by atoms with Crippen molar-refractivity contribution >= 4 is 17.6 Å². The number of benzene rings is 1. The summed E-state index contributed by atoms with van der Waals surface area (Å²) in [5.74, 6) is -0.737. The molecule has 0 bridgehead atoms. The maximum Gasteiger partial charge on any atom is 0.315 e. The highest BCUT2D eigenvalue weighted by Crippen LogP contribution is 2.17. The summed E-state index contributed by atoms with van der Waals surface area (Å²) in [6.45, 7) is 9.74. The van der Waals surface area contributed by atoms with Crippen molar-refractivity contribution in [3.05, 3.63) is 29.8 Å². The van der Waals surface area contributed by atoms with Crippen molar-refractivity contribution < 1.29 is 14.3 Å². The number of rotatable bonds is 4. The lowest BCUT2D eigenvalue weighted by molar-refractivity contribution is -0.156. The van der Waals surface area contributed by atoms with Gasteiger partial charge in [0.05, 0.1) is 0 Å². The summed E-state index contributed by atoms with van der Waals surface area (Å²) in [6, 6.07) is 7.65. The lowest BCUT2D eigenvalue weighted by atomic mass is 10.2. The Bertz CT molecular complexity index is 471. The van der Waals surface area contributed by atoms with Gasteiger partial charge in [0.2, 0.25) is 5.91 Å². The fourth-order valence-corrected chi connectivity index (χ4v) is 1.82. The van der Waals surface area contributed by atoms with Gasteiger partial charge in [-0.1, -0.05) is 17.7 Å². The summed E-state index contributed by atoms with van der Waals surface area (Å²) in [4.78, 5) is 25.5. The standard InChI is InChI=1S/C16H23NO3/c1-6-17(13-9-7-12(2)8-10-13)14(18)11-15(19)20-16(3,4)5/h7-10H,6,11H2,1-5H3. The van der Waals surface area contributed by atoms with Crippen LogP contribution in [0.15, 0.2) is 24.3 Å². The van der Waals surface area contributed by atoms with Gasteiger partial charge < -0.3 is 9.64 Å². The Labute approximate surface area is 120 Å². The van der Waals surface area contributed by atoms with Crippen molar-refractivity contribution in [2.45, 2.75) is 46.6 Å². The number of aryl methyl sites for hydroxylation is 1. The molecule has 110 valence electrons. The quantitative estimate of drug-likeness (QED) is 0.627. The summed E-state index contributed by atoms with van der Waals surface area (Å²) >= 11 is 0. The van der Waals surface area contributed by atoms with E-state index in [0.717, 1.165) is 11.3 Å². The van der Waals surface area contributed by atoms with Crippen molar-refractivity contribution in [3.8, 4) is 0 Å². The van der Waals surface area contributed by atoms with Crippen LogP contribution in [-0.2, 0) is 14.3 Å². The van der Waals surface area contributed by atoms with Crippen LogP contribution >= 0.6 is 0 Å². The van der Waals surface area contributed by atoms with Crippen molar-refractivity contribution in [2.75, 3.05) is 11.4 Å². The van der Waals surface area contributed by atoms with Gasteiger partial charge in [0.25, 0.3) is 0 Å². The molecule has 0 aliphatic rings. The molecule has 1 aromatic carbocycles. The van der Waals surface area contributed by atoms with E-state index in [1.807, 2.05) is 38.1 Å². The average molecular weight is 277 g/mol. The molecular weight excluding hydrogens is 254 g/mol. The summed E-state index contributed by atoms with van der Waals surface area (Å²) in [7, 11) is 0. The molecule has 0 radical (unpaired) electrons. The molecule has 0 saturated heterocycles. The van der Waals surface area contributed by atoms with Gasteiger partial charge in [0, 0.05) is 12.2 Å². The summed E-state index contributed by atoms with van der Waals surface area (Å²) in [5, 5.41) is 0. The highest BCUT2D eigenvalue weighted by molar-refractivity contribution is 6.03. The zero-order chi connectivity index (χ0) is 15.3. The molecule has 1 rings (SSSR count). The average Bonchev–Trinajstić information content (AvgIpc) is 2.29. The second kappa shape index (κ2) is 6.55. The normalized spacial score (nSPS) is 11.1. The van der Waals surface area contributed by atoms with Crippen LogP contribution in [0.3, 0.4) is 0 Å². The third kappa shape index (κ3) is 5.03. The van der Waals surface area contributed by atoms with E-state index >= 15 is 0 Å². The molecule has 4 heteroatoms. The Morgan fingerprint density at radius 3 is 2.15 bits per heavy atom. The minimum atomic E-state index is -0.571. The van der Waals surface area contributed by atoms with E-state index in [2.05, 4.69) is 0 Å². The van der Waals surface area contributed by atoms with E-state index in [0.29, 0.717) is 6.54 Å². The molecule has 0 saturated carbocycles. The largest absolute Gasteiger partial charge is 0.460 e. The maximum absolute atomic E-state index is 12.2. The molecule has 4 nitrogen and oxygen atoms in total. The van der Waals surface area contributed by atoms with Crippen molar-refractivity contribution in [3.63, 3.8) is 0 Å². The number of hydrogen-bond donors (Lipinski definition) is 0. The van der Waals surface area contributed by atoms with Gasteiger partial charge in [-0.2, -0.15) is 0 Å². The fraction of sp³-hybridized carbons (Fsp3) is 0.500. The Morgan fingerprint density at radius 1 is 1.15 bits per heavy atom. The van der Waals surface area contributed by atoms with Crippen LogP contribution in [0, 0.1) is 6.92 Å². The first-order chi connectivity index (χ1) is 9.23. The molecule has 0 spiro atoms. The Hall–Kier alpha value is -1.84. The van der Waals surface area contributed by atoms with Crippen molar-refractivity contribution in [2.24, 2.45) is 0 Å². The van der Waals surface area contributed by atoms with Crippen LogP contribution in [0.5, 0.6) is 0 Å². The van der Waals surface area contributed by atoms with Crippen molar-refractivity contribution in [1.82, 2.24) is 0 Å². The second-order valence-electron chi connectivity index (χ2n) is 5.74. The van der Waals surface area contributed by atoms with Gasteiger partial charge in [-0.05, 0) is 46.8 Å². The van der Waals surface area contributed by atoms with Crippen LogP contribution in [-0.4, -0.2) is 24.0 Å². The second-order valence-corrected chi connectivity index (χ2v) is 5.74. The number of anilines is 1. The minimum absolute atomic E-state index is 0.237. The van der Waals surface area contributed by atoms with E-state index < -0.39 is 11.6 Å². The predicted octanol–water partition coefficient (Wildman–Crippen LogP) is 3.08. The molecule has 0 aliphatic heterocycles. The SMILES string of the molecule is CCN(C(=O)CC(=O)OC(C)(C)C)c1ccc(C)cc1. The monoisotopic (exact) mass is 277 g/mol. The highest BCUT2D eigenvalue weighted by Gasteiger charge is 2.22. The molecule has 0 heterocycles. The van der Waals surface area contributed by atoms with E-state index in [4.69, 9.17) is 4.74 Å². The van der Waals surface area contributed by atoms with E-state index in [1.54, 1.807) is 25.7 Å². The Kier molecular flexibility index (Phi) is 5.31. The van der Waals surface area contributed by atoms with Gasteiger partial charge >= 0.3 is 5.97 Å². The molecule has 0 N–H and O–H groups in total. The molecule has 20 heavy (non-hydrogen) atoms. The third-order valence-electron chi connectivity index (χ3n) is 2.68. The molecule has 0 atom stereocenters. The van der Waals surface area contributed by atoms with Gasteiger partial charge in [0.1, 0.15) is 12.0 Å². The van der Waals surface area contributed by atoms with Gasteiger partial charge in [0.15, 0.2) is 0 Å². The topological polar surface area (TPSA) is 46.6 Å². The molecule has 0 aliphatic carbocycles. The first-order valence-corrected chi connectivity index (χ1v) is 6.82. The number of carbonyl (C=O) groups is 2.